The second-order valence-electron chi connectivity index (χ2n) is 6.42. The van der Waals surface area contributed by atoms with Crippen LogP contribution in [0.15, 0.2) is 24.3 Å². The molecule has 1 aromatic rings. The highest BCUT2D eigenvalue weighted by molar-refractivity contribution is 5.88. The van der Waals surface area contributed by atoms with Gasteiger partial charge in [-0.2, -0.15) is 0 Å². The highest BCUT2D eigenvalue weighted by Crippen LogP contribution is 2.52. The standard InChI is InChI=1S/C17H18F3NO4/c18-17(19,20)25-14-7-2-1-5-10(14)11-9-12(11)15(22)21-8-4-3-6-13(21)16(23)24/h1-2,5,7,11-13H,3-4,6,8-9H2,(H,23,24)/t11?,12?,13-/m1/s1. The second-order valence-corrected chi connectivity index (χ2v) is 6.42. The van der Waals surface area contributed by atoms with Crippen LogP contribution in [0.4, 0.5) is 13.2 Å². The van der Waals surface area contributed by atoms with Crippen molar-refractivity contribution >= 4 is 11.9 Å². The third-order valence-electron chi connectivity index (χ3n) is 4.72. The topological polar surface area (TPSA) is 66.8 Å². The summed E-state index contributed by atoms with van der Waals surface area (Å²) in [6, 6.07) is 4.94. The van der Waals surface area contributed by atoms with Crippen molar-refractivity contribution in [2.75, 3.05) is 6.54 Å². The number of nitrogens with zero attached hydrogens (tertiary/aromatic N) is 1. The van der Waals surface area contributed by atoms with Gasteiger partial charge in [-0.05, 0) is 43.2 Å². The Hall–Kier alpha value is -2.25. The summed E-state index contributed by atoms with van der Waals surface area (Å²) in [5.41, 5.74) is 0.335. The number of hydrogen-bond donors (Lipinski definition) is 1. The number of carbonyl (C=O) groups excluding carboxylic acids is 1. The monoisotopic (exact) mass is 357 g/mol. The number of piperidine rings is 1. The fourth-order valence-electron chi connectivity index (χ4n) is 3.48. The SMILES string of the molecule is O=C(O)[C@H]1CCCCN1C(=O)C1CC1c1ccccc1OC(F)(F)F. The minimum absolute atomic E-state index is 0.293. The number of carbonyl (C=O) groups is 2. The Bertz CT molecular complexity index is 676. The molecule has 0 radical (unpaired) electrons. The summed E-state index contributed by atoms with van der Waals surface area (Å²) in [5, 5.41) is 9.28. The largest absolute Gasteiger partial charge is 0.573 e. The normalized spacial score (nSPS) is 26.2. The molecular formula is C17H18F3NO4. The summed E-state index contributed by atoms with van der Waals surface area (Å²) in [6.45, 7) is 0.375. The summed E-state index contributed by atoms with van der Waals surface area (Å²) in [6.07, 6.45) is -2.50. The van der Waals surface area contributed by atoms with E-state index in [1.807, 2.05) is 0 Å². The van der Waals surface area contributed by atoms with Crippen molar-refractivity contribution in [2.24, 2.45) is 5.92 Å². The van der Waals surface area contributed by atoms with Gasteiger partial charge in [-0.15, -0.1) is 13.2 Å². The molecule has 1 N–H and O–H groups in total. The Balaban J connectivity index is 1.74. The van der Waals surface area contributed by atoms with Gasteiger partial charge in [0.25, 0.3) is 0 Å². The summed E-state index contributed by atoms with van der Waals surface area (Å²) >= 11 is 0. The quantitative estimate of drug-likeness (QED) is 0.899. The first kappa shape index (κ1) is 17.6. The minimum atomic E-state index is -4.80. The van der Waals surface area contributed by atoms with Crippen molar-refractivity contribution in [1.82, 2.24) is 4.90 Å². The van der Waals surface area contributed by atoms with Crippen molar-refractivity contribution in [3.8, 4) is 5.75 Å². The van der Waals surface area contributed by atoms with E-state index in [1.54, 1.807) is 6.07 Å². The summed E-state index contributed by atoms with van der Waals surface area (Å²) in [5.74, 6) is -2.49. The van der Waals surface area contributed by atoms with Crippen molar-refractivity contribution in [2.45, 2.75) is 44.0 Å². The molecule has 2 aliphatic rings. The summed E-state index contributed by atoms with van der Waals surface area (Å²) < 4.78 is 41.6. The zero-order valence-electron chi connectivity index (χ0n) is 13.3. The third-order valence-corrected chi connectivity index (χ3v) is 4.72. The van der Waals surface area contributed by atoms with Crippen LogP contribution in [0.2, 0.25) is 0 Å². The number of carboxylic acid groups (broad SMARTS) is 1. The molecular weight excluding hydrogens is 339 g/mol. The molecule has 1 saturated carbocycles. The van der Waals surface area contributed by atoms with Gasteiger partial charge in [0, 0.05) is 12.5 Å². The average molecular weight is 357 g/mol. The molecule has 8 heteroatoms. The first-order chi connectivity index (χ1) is 11.8. The van der Waals surface area contributed by atoms with Crippen LogP contribution in [0.3, 0.4) is 0 Å². The van der Waals surface area contributed by atoms with E-state index in [-0.39, 0.29) is 17.6 Å². The van der Waals surface area contributed by atoms with E-state index < -0.39 is 24.3 Å². The molecule has 0 spiro atoms. The number of hydrogen-bond acceptors (Lipinski definition) is 3. The molecule has 2 unspecified atom stereocenters. The van der Waals surface area contributed by atoms with Gasteiger partial charge in [0.05, 0.1) is 0 Å². The van der Waals surface area contributed by atoms with E-state index in [4.69, 9.17) is 0 Å². The van der Waals surface area contributed by atoms with Crippen LogP contribution in [0.5, 0.6) is 5.75 Å². The highest BCUT2D eigenvalue weighted by atomic mass is 19.4. The maximum absolute atomic E-state index is 12.7. The van der Waals surface area contributed by atoms with Gasteiger partial charge in [-0.3, -0.25) is 4.79 Å². The van der Waals surface area contributed by atoms with Crippen LogP contribution >= 0.6 is 0 Å². The number of alkyl halides is 3. The zero-order chi connectivity index (χ0) is 18.2. The van der Waals surface area contributed by atoms with Gasteiger partial charge < -0.3 is 14.7 Å². The molecule has 1 aliphatic carbocycles. The molecule has 1 aromatic carbocycles. The van der Waals surface area contributed by atoms with E-state index in [1.165, 1.54) is 23.1 Å². The Morgan fingerprint density at radius 2 is 1.92 bits per heavy atom. The fraction of sp³-hybridized carbons (Fsp3) is 0.529. The molecule has 136 valence electrons. The molecule has 5 nitrogen and oxygen atoms in total. The molecule has 25 heavy (non-hydrogen) atoms. The number of amides is 1. The lowest BCUT2D eigenvalue weighted by Crippen LogP contribution is -2.48. The van der Waals surface area contributed by atoms with Gasteiger partial charge in [0.1, 0.15) is 11.8 Å². The summed E-state index contributed by atoms with van der Waals surface area (Å²) in [7, 11) is 0. The Morgan fingerprint density at radius 3 is 2.60 bits per heavy atom. The van der Waals surface area contributed by atoms with Crippen LogP contribution in [-0.4, -0.2) is 40.8 Å². The number of carboxylic acids is 1. The maximum Gasteiger partial charge on any atom is 0.573 e. The molecule has 0 aromatic heterocycles. The summed E-state index contributed by atoms with van der Waals surface area (Å²) in [4.78, 5) is 25.4. The predicted octanol–water partition coefficient (Wildman–Crippen LogP) is 3.15. The molecule has 3 atom stereocenters. The number of aliphatic carboxylic acids is 1. The van der Waals surface area contributed by atoms with Gasteiger partial charge in [0.2, 0.25) is 5.91 Å². The van der Waals surface area contributed by atoms with E-state index in [0.717, 1.165) is 12.8 Å². The van der Waals surface area contributed by atoms with E-state index in [0.29, 0.717) is 24.9 Å². The van der Waals surface area contributed by atoms with Crippen LogP contribution < -0.4 is 4.74 Å². The first-order valence-electron chi connectivity index (χ1n) is 8.16. The van der Waals surface area contributed by atoms with Crippen LogP contribution in [0, 0.1) is 5.92 Å². The molecule has 1 saturated heterocycles. The van der Waals surface area contributed by atoms with Gasteiger partial charge in [-0.25, -0.2) is 4.79 Å². The number of para-hydroxylation sites is 1. The lowest BCUT2D eigenvalue weighted by molar-refractivity contribution is -0.274. The number of ether oxygens (including phenoxy) is 1. The van der Waals surface area contributed by atoms with Gasteiger partial charge >= 0.3 is 12.3 Å². The molecule has 1 aliphatic heterocycles. The number of rotatable bonds is 4. The third kappa shape index (κ3) is 3.88. The number of benzene rings is 1. The van der Waals surface area contributed by atoms with Gasteiger partial charge in [-0.1, -0.05) is 18.2 Å². The Morgan fingerprint density at radius 1 is 1.20 bits per heavy atom. The zero-order valence-corrected chi connectivity index (χ0v) is 13.3. The lowest BCUT2D eigenvalue weighted by atomic mass is 10.0. The van der Waals surface area contributed by atoms with Crippen molar-refractivity contribution in [3.05, 3.63) is 29.8 Å². The predicted molar refractivity (Wildman–Crippen MR) is 81.0 cm³/mol. The Labute approximate surface area is 142 Å². The van der Waals surface area contributed by atoms with E-state index in [2.05, 4.69) is 4.74 Å². The molecule has 1 amide bonds. The Kier molecular flexibility index (Phi) is 4.62. The van der Waals surface area contributed by atoms with E-state index >= 15 is 0 Å². The molecule has 3 rings (SSSR count). The lowest BCUT2D eigenvalue weighted by Gasteiger charge is -2.33. The maximum atomic E-state index is 12.7. The van der Waals surface area contributed by atoms with Gasteiger partial charge in [0.15, 0.2) is 0 Å². The highest BCUT2D eigenvalue weighted by Gasteiger charge is 2.49. The van der Waals surface area contributed by atoms with Crippen molar-refractivity contribution in [1.29, 1.82) is 0 Å². The van der Waals surface area contributed by atoms with Crippen molar-refractivity contribution in [3.63, 3.8) is 0 Å². The molecule has 0 bridgehead atoms. The smallest absolute Gasteiger partial charge is 0.480 e. The van der Waals surface area contributed by atoms with Crippen LogP contribution in [-0.2, 0) is 9.59 Å². The molecule has 2 fully saturated rings. The van der Waals surface area contributed by atoms with Crippen molar-refractivity contribution < 1.29 is 32.6 Å². The number of halogens is 3. The minimum Gasteiger partial charge on any atom is -0.480 e. The van der Waals surface area contributed by atoms with E-state index in [9.17, 15) is 27.9 Å². The second kappa shape index (κ2) is 6.57. The average Bonchev–Trinajstić information content (AvgIpc) is 3.33. The molecule has 1 heterocycles. The number of likely N-dealkylation sites (tertiary alicyclic amines) is 1. The van der Waals surface area contributed by atoms with Crippen LogP contribution in [0.1, 0.15) is 37.2 Å². The fourth-order valence-corrected chi connectivity index (χ4v) is 3.48. The first-order valence-corrected chi connectivity index (χ1v) is 8.16. The van der Waals surface area contributed by atoms with Crippen LogP contribution in [0.25, 0.3) is 0 Å².